The molecule has 0 N–H and O–H groups in total. The predicted molar refractivity (Wildman–Crippen MR) is 206 cm³/mol. The zero-order chi connectivity index (χ0) is 32.7. The van der Waals surface area contributed by atoms with E-state index in [1.165, 1.54) is 180 Å². The van der Waals surface area contributed by atoms with Crippen molar-refractivity contribution in [2.75, 3.05) is 0 Å². The first kappa shape index (κ1) is 46.7. The Morgan fingerprint density at radius 2 is 0.696 bits per heavy atom. The Bertz CT molecular complexity index is 722. The fourth-order valence-corrected chi connectivity index (χ4v) is 7.54. The summed E-state index contributed by atoms with van der Waals surface area (Å²) in [6.07, 6.45) is 39.5. The van der Waals surface area contributed by atoms with Crippen molar-refractivity contribution in [3.8, 4) is 5.75 Å². The van der Waals surface area contributed by atoms with Crippen molar-refractivity contribution < 1.29 is 28.9 Å². The zero-order valence-corrected chi connectivity index (χ0v) is 36.1. The van der Waals surface area contributed by atoms with Gasteiger partial charge in [-0.3, -0.25) is 0 Å². The fourth-order valence-electron chi connectivity index (χ4n) is 6.63. The Morgan fingerprint density at radius 1 is 0.457 bits per heavy atom. The second-order valence-electron chi connectivity index (χ2n) is 13.8. The second-order valence-corrected chi connectivity index (χ2v) is 18.5. The molecule has 1 aromatic rings. The van der Waals surface area contributed by atoms with Crippen molar-refractivity contribution in [1.29, 1.82) is 0 Å². The van der Waals surface area contributed by atoms with Crippen molar-refractivity contribution in [2.45, 2.75) is 219 Å². The first-order valence-electron chi connectivity index (χ1n) is 19.8. The minimum absolute atomic E-state index is 0. The van der Waals surface area contributed by atoms with Gasteiger partial charge in [0.15, 0.2) is 5.75 Å². The van der Waals surface area contributed by atoms with Crippen molar-refractivity contribution in [3.05, 3.63) is 29.3 Å². The van der Waals surface area contributed by atoms with Gasteiger partial charge in [0.1, 0.15) is 0 Å². The van der Waals surface area contributed by atoms with Gasteiger partial charge in [0, 0.05) is 0 Å². The van der Waals surface area contributed by atoms with E-state index in [9.17, 15) is 4.89 Å². The smallest absolute Gasteiger partial charge is 0.682 e. The van der Waals surface area contributed by atoms with Crippen LogP contribution in [0.5, 0.6) is 5.75 Å². The van der Waals surface area contributed by atoms with Crippen LogP contribution in [0, 0.1) is 0 Å². The van der Waals surface area contributed by atoms with Gasteiger partial charge in [-0.2, -0.15) is 0 Å². The van der Waals surface area contributed by atoms with Gasteiger partial charge in [-0.15, -0.1) is 6.12 Å². The van der Waals surface area contributed by atoms with Crippen LogP contribution in [-0.4, -0.2) is 0 Å². The zero-order valence-electron chi connectivity index (χ0n) is 30.6. The average Bonchev–Trinajstić information content (AvgIpc) is 3.01. The molecule has 0 spiro atoms. The number of hydrogen-bond donors (Lipinski definition) is 0. The molecule has 0 amide bonds. The van der Waals surface area contributed by atoms with Gasteiger partial charge < -0.3 is 33.9 Å². The first-order valence-corrected chi connectivity index (χ1v) is 23.5. The molecule has 0 saturated heterocycles. The van der Waals surface area contributed by atoms with Crippen LogP contribution in [0.25, 0.3) is 0 Å². The quantitative estimate of drug-likeness (QED) is 0.0304. The maximum Gasteiger partial charge on any atom is 2.00 e. The van der Waals surface area contributed by atoms with E-state index in [4.69, 9.17) is 29.0 Å². The molecule has 0 fully saturated rings. The average molecular weight is 747 g/mol. The molecule has 0 radical (unpaired) electrons. The van der Waals surface area contributed by atoms with Crippen LogP contribution >= 0.6 is 6.12 Å². The van der Waals surface area contributed by atoms with Crippen LogP contribution < -0.4 is 9.42 Å². The summed E-state index contributed by atoms with van der Waals surface area (Å²) in [7, 11) is 0. The number of hydrogen-bond acceptors (Lipinski definition) is 4. The van der Waals surface area contributed by atoms with E-state index in [1.807, 2.05) is 0 Å². The van der Waals surface area contributed by atoms with Crippen molar-refractivity contribution in [1.82, 2.24) is 0 Å². The Morgan fingerprint density at radius 3 is 0.935 bits per heavy atom. The molecule has 0 aliphatic rings. The van der Waals surface area contributed by atoms with Gasteiger partial charge in [0.25, 0.3) is 0 Å². The van der Waals surface area contributed by atoms with Gasteiger partial charge in [0.05, 0.1) is 0 Å². The summed E-state index contributed by atoms with van der Waals surface area (Å²) in [6, 6.07) is 6.37. The van der Waals surface area contributed by atoms with Crippen LogP contribution in [-0.2, 0) is 56.8 Å². The Balaban J connectivity index is 0.0000202. The molecular formula is C40H73O2PS2Zn. The van der Waals surface area contributed by atoms with Crippen LogP contribution in [0.1, 0.15) is 218 Å². The van der Waals surface area contributed by atoms with E-state index >= 15 is 0 Å². The van der Waals surface area contributed by atoms with Gasteiger partial charge in [-0.1, -0.05) is 212 Å². The number of rotatable bonds is 34. The van der Waals surface area contributed by atoms with Gasteiger partial charge in [-0.25, -0.2) is 0 Å². The summed E-state index contributed by atoms with van der Waals surface area (Å²) >= 11 is 10.1. The maximum absolute atomic E-state index is 12.3. The van der Waals surface area contributed by atoms with E-state index in [1.54, 1.807) is 0 Å². The molecule has 0 bridgehead atoms. The molecule has 0 saturated carbocycles. The predicted octanol–water partition coefficient (Wildman–Crippen LogP) is 14.0. The Hall–Kier alpha value is 0.733. The van der Waals surface area contributed by atoms with Gasteiger partial charge >= 0.3 is 19.5 Å². The molecule has 0 atom stereocenters. The van der Waals surface area contributed by atoms with E-state index in [2.05, 4.69) is 32.0 Å². The van der Waals surface area contributed by atoms with Gasteiger partial charge in [-0.05, 0) is 36.8 Å². The molecule has 1 aromatic carbocycles. The van der Waals surface area contributed by atoms with Gasteiger partial charge in [0.2, 0.25) is 0 Å². The third kappa shape index (κ3) is 29.6. The van der Waals surface area contributed by atoms with E-state index in [0.29, 0.717) is 0 Å². The Kier molecular flexibility index (Phi) is 34.7. The van der Waals surface area contributed by atoms with Crippen molar-refractivity contribution >= 4 is 30.6 Å². The normalized spacial score (nSPS) is 11.6. The van der Waals surface area contributed by atoms with Crippen LogP contribution in [0.15, 0.2) is 18.2 Å². The molecular weight excluding hydrogens is 673 g/mol. The number of para-hydroxylation sites is 1. The number of aryl methyl sites for hydroxylation is 2. The standard InChI is InChI=1S/C40H75O2PS2.Zn/c1-3-5-7-9-11-13-15-17-19-21-23-25-27-29-31-34-38-36-33-37-39(40(38)42-43(41,44)45)35-32-30-28-26-24-22-20-18-16-14-12-10-8-6-4-2;/h33,36-37H,3-32,34-35H2,1-2H3,(H2,41,44,45);/q;+2/p-2. The first-order chi connectivity index (χ1) is 22.0. The summed E-state index contributed by atoms with van der Waals surface area (Å²) in [6.45, 7) is 4.58. The van der Waals surface area contributed by atoms with Crippen LogP contribution in [0.3, 0.4) is 0 Å². The Labute approximate surface area is 312 Å². The van der Waals surface area contributed by atoms with E-state index in [-0.39, 0.29) is 19.5 Å². The SMILES string of the molecule is CCCCCCCCCCCCCCCCCc1cccc(CCCCCCCCCCCCCCCCC)c1O[P+]([O-])([S-])[S-].[Zn+2]. The number of benzene rings is 1. The molecule has 0 aliphatic carbocycles. The molecule has 0 aliphatic heterocycles. The third-order valence-corrected chi connectivity index (χ3v) is 10.3. The summed E-state index contributed by atoms with van der Waals surface area (Å²) in [5.41, 5.74) is 2.27. The van der Waals surface area contributed by atoms with Crippen LogP contribution in [0.4, 0.5) is 0 Å². The molecule has 0 unspecified atom stereocenters. The minimum atomic E-state index is -3.42. The summed E-state index contributed by atoms with van der Waals surface area (Å²) in [5.74, 6) is 0.738. The molecule has 264 valence electrons. The van der Waals surface area contributed by atoms with Crippen molar-refractivity contribution in [3.63, 3.8) is 0 Å². The van der Waals surface area contributed by atoms with Crippen LogP contribution in [0.2, 0.25) is 0 Å². The van der Waals surface area contributed by atoms with Crippen molar-refractivity contribution in [2.24, 2.45) is 0 Å². The van der Waals surface area contributed by atoms with E-state index in [0.717, 1.165) is 42.6 Å². The molecule has 0 aromatic heterocycles. The summed E-state index contributed by atoms with van der Waals surface area (Å²) in [4.78, 5) is 12.3. The van der Waals surface area contributed by atoms with E-state index < -0.39 is 6.12 Å². The monoisotopic (exact) mass is 744 g/mol. The molecule has 1 rings (SSSR count). The summed E-state index contributed by atoms with van der Waals surface area (Å²) < 4.78 is 5.80. The maximum atomic E-state index is 12.3. The largest absolute Gasteiger partial charge is 2.00 e. The topological polar surface area (TPSA) is 32.3 Å². The minimum Gasteiger partial charge on any atom is -0.682 e. The fraction of sp³-hybridized carbons (Fsp3) is 0.850. The molecule has 46 heavy (non-hydrogen) atoms. The molecule has 0 heterocycles. The number of unbranched alkanes of at least 4 members (excludes halogenated alkanes) is 28. The summed E-state index contributed by atoms with van der Waals surface area (Å²) in [5, 5.41) is 0. The molecule has 6 heteroatoms. The second kappa shape index (κ2) is 34.2. The molecule has 2 nitrogen and oxygen atoms in total. The third-order valence-electron chi connectivity index (χ3n) is 9.48.